The molecule has 2 fully saturated rings. The minimum absolute atomic E-state index is 0.0567. The van der Waals surface area contributed by atoms with Crippen LogP contribution in [0.3, 0.4) is 0 Å². The number of hydrogen-bond donors (Lipinski definition) is 0. The molecule has 0 radical (unpaired) electrons. The fourth-order valence-corrected chi connectivity index (χ4v) is 5.95. The number of fused-ring (bicyclic) bond motifs is 1. The Morgan fingerprint density at radius 1 is 1.08 bits per heavy atom. The Balaban J connectivity index is 1.17. The van der Waals surface area contributed by atoms with Crippen LogP contribution in [0.25, 0.3) is 27.9 Å². The first-order valence-corrected chi connectivity index (χ1v) is 12.9. The molecule has 0 amide bonds. The average molecular weight is 522 g/mol. The number of anilines is 1. The molecule has 0 atom stereocenters. The molecule has 7 nitrogen and oxygen atoms in total. The van der Waals surface area contributed by atoms with E-state index in [9.17, 15) is 13.2 Å². The summed E-state index contributed by atoms with van der Waals surface area (Å²) in [5.74, 6) is 1.70. The topological polar surface area (TPSA) is 69.2 Å². The van der Waals surface area contributed by atoms with Gasteiger partial charge in [0, 0.05) is 43.4 Å². The van der Waals surface area contributed by atoms with Crippen LogP contribution in [0.5, 0.6) is 5.75 Å². The minimum atomic E-state index is -4.79. The van der Waals surface area contributed by atoms with Crippen LogP contribution < -0.4 is 9.64 Å². The predicted octanol–water partition coefficient (Wildman–Crippen LogP) is 6.47. The van der Waals surface area contributed by atoms with Crippen molar-refractivity contribution in [1.29, 1.82) is 0 Å². The highest BCUT2D eigenvalue weighted by molar-refractivity contribution is 5.87. The number of alkyl halides is 3. The Labute approximate surface area is 216 Å². The first-order valence-electron chi connectivity index (χ1n) is 12.9. The van der Waals surface area contributed by atoms with Gasteiger partial charge in [-0.2, -0.15) is 5.10 Å². The molecule has 3 aliphatic rings. The first kappa shape index (κ1) is 23.3. The van der Waals surface area contributed by atoms with Crippen LogP contribution in [0.1, 0.15) is 49.3 Å². The van der Waals surface area contributed by atoms with Crippen LogP contribution in [0.15, 0.2) is 53.2 Å². The summed E-state index contributed by atoms with van der Waals surface area (Å²) in [5, 5.41) is 9.00. The number of para-hydroxylation sites is 1. The lowest BCUT2D eigenvalue weighted by Gasteiger charge is -2.46. The highest BCUT2D eigenvalue weighted by atomic mass is 19.4. The summed E-state index contributed by atoms with van der Waals surface area (Å²) in [6.07, 6.45) is 4.09. The van der Waals surface area contributed by atoms with E-state index in [1.807, 2.05) is 23.9 Å². The van der Waals surface area contributed by atoms with E-state index in [2.05, 4.69) is 25.9 Å². The normalized spacial score (nSPS) is 19.1. The molecule has 0 N–H and O–H groups in total. The molecule has 1 aromatic carbocycles. The van der Waals surface area contributed by atoms with E-state index in [1.54, 1.807) is 18.3 Å². The van der Waals surface area contributed by atoms with Gasteiger partial charge < -0.3 is 14.2 Å². The molecule has 38 heavy (non-hydrogen) atoms. The van der Waals surface area contributed by atoms with Gasteiger partial charge in [0.15, 0.2) is 5.82 Å². The van der Waals surface area contributed by atoms with Gasteiger partial charge in [-0.1, -0.05) is 23.4 Å². The maximum atomic E-state index is 13.1. The van der Waals surface area contributed by atoms with Crippen molar-refractivity contribution in [2.24, 2.45) is 12.5 Å². The fourth-order valence-electron chi connectivity index (χ4n) is 5.95. The molecule has 0 unspecified atom stereocenters. The van der Waals surface area contributed by atoms with Crippen molar-refractivity contribution in [3.8, 4) is 17.0 Å². The molecule has 2 aliphatic carbocycles. The van der Waals surface area contributed by atoms with Crippen molar-refractivity contribution in [2.75, 3.05) is 18.0 Å². The first-order chi connectivity index (χ1) is 18.3. The minimum Gasteiger partial charge on any atom is -0.405 e. The summed E-state index contributed by atoms with van der Waals surface area (Å²) in [4.78, 5) is 6.86. The highest BCUT2D eigenvalue weighted by Gasteiger charge is 2.44. The number of ether oxygens (including phenoxy) is 1. The molecule has 0 bridgehead atoms. The van der Waals surface area contributed by atoms with E-state index >= 15 is 0 Å². The van der Waals surface area contributed by atoms with Crippen LogP contribution in [-0.2, 0) is 7.05 Å². The molecule has 10 heteroatoms. The number of benzene rings is 1. The highest BCUT2D eigenvalue weighted by Crippen LogP contribution is 2.56. The second-order valence-electron chi connectivity index (χ2n) is 10.6. The van der Waals surface area contributed by atoms with Crippen molar-refractivity contribution < 1.29 is 22.4 Å². The van der Waals surface area contributed by atoms with Gasteiger partial charge in [0.1, 0.15) is 22.7 Å². The second kappa shape index (κ2) is 8.34. The third kappa shape index (κ3) is 3.93. The van der Waals surface area contributed by atoms with E-state index in [0.29, 0.717) is 11.3 Å². The van der Waals surface area contributed by atoms with Crippen LogP contribution in [0.4, 0.5) is 19.0 Å². The van der Waals surface area contributed by atoms with E-state index < -0.39 is 6.36 Å². The maximum absolute atomic E-state index is 13.1. The number of hydrogen-bond acceptors (Lipinski definition) is 6. The number of allylic oxidation sites excluding steroid dienone is 2. The van der Waals surface area contributed by atoms with Gasteiger partial charge in [-0.05, 0) is 67.4 Å². The number of rotatable bonds is 5. The SMILES string of the molecule is Cn1nc(N2CCC3(C=C(c4c(-c5ccccc5OC(F)(F)F)noc4C4CC4)C3)CC2)c2ncccc21. The Bertz CT molecular complexity index is 1560. The Hall–Kier alpha value is -3.82. The summed E-state index contributed by atoms with van der Waals surface area (Å²) in [5.41, 5.74) is 4.65. The number of halogens is 3. The van der Waals surface area contributed by atoms with Gasteiger partial charge >= 0.3 is 6.36 Å². The third-order valence-electron chi connectivity index (χ3n) is 8.03. The monoisotopic (exact) mass is 521 g/mol. The van der Waals surface area contributed by atoms with Crippen molar-refractivity contribution in [3.05, 3.63) is 60.0 Å². The number of nitrogens with zero attached hydrogens (tertiary/aromatic N) is 5. The average Bonchev–Trinajstić information content (AvgIpc) is 3.55. The van der Waals surface area contributed by atoms with Gasteiger partial charge in [-0.25, -0.2) is 0 Å². The lowest BCUT2D eigenvalue weighted by atomic mass is 9.63. The summed E-state index contributed by atoms with van der Waals surface area (Å²) in [6.45, 7) is 1.72. The van der Waals surface area contributed by atoms with E-state index in [0.717, 1.165) is 78.9 Å². The molecular weight excluding hydrogens is 495 g/mol. The lowest BCUT2D eigenvalue weighted by Crippen LogP contribution is -2.42. The molecular formula is C28H26F3N5O2. The number of pyridine rings is 1. The lowest BCUT2D eigenvalue weighted by molar-refractivity contribution is -0.274. The van der Waals surface area contributed by atoms with E-state index in [4.69, 9.17) is 9.62 Å². The summed E-state index contributed by atoms with van der Waals surface area (Å²) in [6, 6.07) is 10.1. The standard InChI is InChI=1S/C28H26F3N5O2/c1-35-20-6-4-12-32-24(20)26(33-35)36-13-10-27(11-14-36)15-18(16-27)22-23(34-38-25(22)17-8-9-17)19-5-2-3-7-21(19)37-28(29,30)31/h2-7,12,15,17H,8-11,13-14,16H2,1H3. The third-order valence-corrected chi connectivity index (χ3v) is 8.03. The molecule has 4 aromatic rings. The summed E-state index contributed by atoms with van der Waals surface area (Å²) < 4.78 is 51.3. The van der Waals surface area contributed by atoms with Crippen molar-refractivity contribution in [2.45, 2.75) is 44.4 Å². The smallest absolute Gasteiger partial charge is 0.405 e. The molecule has 7 rings (SSSR count). The van der Waals surface area contributed by atoms with E-state index in [-0.39, 0.29) is 17.1 Å². The Morgan fingerprint density at radius 3 is 2.58 bits per heavy atom. The molecule has 3 aromatic heterocycles. The largest absolute Gasteiger partial charge is 0.573 e. The van der Waals surface area contributed by atoms with Crippen molar-refractivity contribution in [3.63, 3.8) is 0 Å². The summed E-state index contributed by atoms with van der Waals surface area (Å²) in [7, 11) is 1.94. The Kier molecular flexibility index (Phi) is 5.12. The molecule has 1 saturated heterocycles. The molecule has 1 aliphatic heterocycles. The van der Waals surface area contributed by atoms with Gasteiger partial charge in [-0.3, -0.25) is 9.67 Å². The molecule has 1 spiro atoms. The number of aryl methyl sites for hydroxylation is 1. The molecule has 196 valence electrons. The molecule has 1 saturated carbocycles. The second-order valence-corrected chi connectivity index (χ2v) is 10.6. The van der Waals surface area contributed by atoms with Crippen molar-refractivity contribution in [1.82, 2.24) is 19.9 Å². The van der Waals surface area contributed by atoms with Crippen LogP contribution >= 0.6 is 0 Å². The predicted molar refractivity (Wildman–Crippen MR) is 136 cm³/mol. The van der Waals surface area contributed by atoms with Crippen LogP contribution in [-0.4, -0.2) is 39.4 Å². The zero-order valence-electron chi connectivity index (χ0n) is 20.8. The quantitative estimate of drug-likeness (QED) is 0.300. The number of aromatic nitrogens is 4. The Morgan fingerprint density at radius 2 is 1.84 bits per heavy atom. The number of piperidine rings is 1. The zero-order chi connectivity index (χ0) is 26.1. The summed E-state index contributed by atoms with van der Waals surface area (Å²) >= 11 is 0. The molecule has 4 heterocycles. The zero-order valence-corrected chi connectivity index (χ0v) is 20.8. The van der Waals surface area contributed by atoms with Crippen LogP contribution in [0.2, 0.25) is 0 Å². The van der Waals surface area contributed by atoms with Gasteiger partial charge in [-0.15, -0.1) is 13.2 Å². The van der Waals surface area contributed by atoms with Gasteiger partial charge in [0.2, 0.25) is 0 Å². The van der Waals surface area contributed by atoms with E-state index in [1.165, 1.54) is 12.1 Å². The van der Waals surface area contributed by atoms with Gasteiger partial charge in [0.25, 0.3) is 0 Å². The fraction of sp³-hybridized carbons (Fsp3) is 0.393. The van der Waals surface area contributed by atoms with Crippen molar-refractivity contribution >= 4 is 22.4 Å². The van der Waals surface area contributed by atoms with Crippen LogP contribution in [0, 0.1) is 5.41 Å². The van der Waals surface area contributed by atoms with Gasteiger partial charge in [0.05, 0.1) is 5.52 Å². The maximum Gasteiger partial charge on any atom is 0.573 e.